The zero-order valence-corrected chi connectivity index (χ0v) is 10.6. The lowest BCUT2D eigenvalue weighted by Crippen LogP contribution is -2.42. The summed E-state index contributed by atoms with van der Waals surface area (Å²) in [6.07, 6.45) is 8.40. The molecule has 0 amide bonds. The number of hydrogen-bond donors (Lipinski definition) is 0. The fraction of sp³-hybridized carbons (Fsp3) is 0.786. The quantitative estimate of drug-likeness (QED) is 0.715. The number of carbonyl (C=O) groups excluding carboxylic acids is 1. The summed E-state index contributed by atoms with van der Waals surface area (Å²) in [5.74, 6) is 0.917. The van der Waals surface area contributed by atoms with E-state index in [2.05, 4.69) is 20.8 Å². The minimum absolute atomic E-state index is 0.181. The molecule has 0 aromatic carbocycles. The van der Waals surface area contributed by atoms with Gasteiger partial charge in [-0.15, -0.1) is 0 Å². The molecule has 1 fully saturated rings. The van der Waals surface area contributed by atoms with E-state index in [0.29, 0.717) is 5.41 Å². The number of hydrogen-bond acceptors (Lipinski definition) is 2. The first-order valence-electron chi connectivity index (χ1n) is 6.39. The highest BCUT2D eigenvalue weighted by molar-refractivity contribution is 5.98. The van der Waals surface area contributed by atoms with Gasteiger partial charge in [-0.1, -0.05) is 27.2 Å². The van der Waals surface area contributed by atoms with Gasteiger partial charge in [0.25, 0.3) is 0 Å². The van der Waals surface area contributed by atoms with Crippen LogP contribution in [-0.4, -0.2) is 11.4 Å². The summed E-state index contributed by atoms with van der Waals surface area (Å²) in [5.41, 5.74) is -0.0724. The van der Waals surface area contributed by atoms with E-state index in [0.717, 1.165) is 31.6 Å². The van der Waals surface area contributed by atoms with Crippen LogP contribution in [0.2, 0.25) is 0 Å². The van der Waals surface area contributed by atoms with Gasteiger partial charge in [0.2, 0.25) is 5.78 Å². The van der Waals surface area contributed by atoms with E-state index in [1.54, 1.807) is 12.3 Å². The Labute approximate surface area is 98.1 Å². The molecular formula is C14H22O2. The van der Waals surface area contributed by atoms with Gasteiger partial charge in [0.1, 0.15) is 0 Å². The second-order valence-electron chi connectivity index (χ2n) is 5.90. The monoisotopic (exact) mass is 222 g/mol. The molecule has 1 spiro atoms. The van der Waals surface area contributed by atoms with Gasteiger partial charge < -0.3 is 4.74 Å². The SMILES string of the molecule is CCC(C)(C)C1CCC2(CC1)OC=CC2=O. The largest absolute Gasteiger partial charge is 0.487 e. The minimum atomic E-state index is -0.472. The molecular weight excluding hydrogens is 200 g/mol. The van der Waals surface area contributed by atoms with Crippen molar-refractivity contribution in [1.82, 2.24) is 0 Å². The maximum absolute atomic E-state index is 11.8. The average Bonchev–Trinajstić information content (AvgIpc) is 2.61. The molecule has 90 valence electrons. The Morgan fingerprint density at radius 2 is 2.06 bits per heavy atom. The minimum Gasteiger partial charge on any atom is -0.487 e. The van der Waals surface area contributed by atoms with Gasteiger partial charge in [0, 0.05) is 6.08 Å². The second-order valence-corrected chi connectivity index (χ2v) is 5.90. The lowest BCUT2D eigenvalue weighted by molar-refractivity contribution is -0.134. The molecule has 0 saturated heterocycles. The van der Waals surface area contributed by atoms with E-state index in [4.69, 9.17) is 4.74 Å². The maximum atomic E-state index is 11.8. The van der Waals surface area contributed by atoms with Gasteiger partial charge in [-0.3, -0.25) is 4.79 Å². The molecule has 2 nitrogen and oxygen atoms in total. The van der Waals surface area contributed by atoms with E-state index in [-0.39, 0.29) is 5.78 Å². The topological polar surface area (TPSA) is 26.3 Å². The van der Waals surface area contributed by atoms with Crippen molar-refractivity contribution < 1.29 is 9.53 Å². The Morgan fingerprint density at radius 3 is 2.50 bits per heavy atom. The van der Waals surface area contributed by atoms with Gasteiger partial charge in [-0.2, -0.15) is 0 Å². The Hall–Kier alpha value is -0.790. The average molecular weight is 222 g/mol. The van der Waals surface area contributed by atoms with Crippen LogP contribution in [0.25, 0.3) is 0 Å². The predicted octanol–water partition coefficient (Wildman–Crippen LogP) is 3.46. The third kappa shape index (κ3) is 1.79. The molecule has 1 saturated carbocycles. The van der Waals surface area contributed by atoms with Crippen molar-refractivity contribution in [2.24, 2.45) is 11.3 Å². The molecule has 2 rings (SSSR count). The van der Waals surface area contributed by atoms with Crippen LogP contribution in [0.1, 0.15) is 52.9 Å². The fourth-order valence-electron chi connectivity index (χ4n) is 2.95. The molecule has 2 heteroatoms. The summed E-state index contributed by atoms with van der Waals surface area (Å²) in [6, 6.07) is 0. The van der Waals surface area contributed by atoms with Crippen molar-refractivity contribution in [1.29, 1.82) is 0 Å². The standard InChI is InChI=1S/C14H22O2/c1-4-13(2,3)11-5-8-14(9-6-11)12(15)7-10-16-14/h7,10-11H,4-6,8-9H2,1-3H3. The van der Waals surface area contributed by atoms with Crippen molar-refractivity contribution in [3.63, 3.8) is 0 Å². The normalized spacial score (nSPS) is 34.4. The van der Waals surface area contributed by atoms with Crippen LogP contribution < -0.4 is 0 Å². The maximum Gasteiger partial charge on any atom is 0.202 e. The first kappa shape index (κ1) is 11.7. The third-order valence-corrected chi connectivity index (χ3v) is 4.77. The number of ketones is 1. The molecule has 0 bridgehead atoms. The van der Waals surface area contributed by atoms with Crippen LogP contribution in [0.5, 0.6) is 0 Å². The molecule has 0 aromatic heterocycles. The highest BCUT2D eigenvalue weighted by atomic mass is 16.5. The van der Waals surface area contributed by atoms with Gasteiger partial charge >= 0.3 is 0 Å². The van der Waals surface area contributed by atoms with E-state index >= 15 is 0 Å². The Bertz CT molecular complexity index is 307. The van der Waals surface area contributed by atoms with Crippen LogP contribution in [-0.2, 0) is 9.53 Å². The van der Waals surface area contributed by atoms with Crippen molar-refractivity contribution >= 4 is 5.78 Å². The van der Waals surface area contributed by atoms with E-state index in [1.165, 1.54) is 6.42 Å². The zero-order chi connectivity index (χ0) is 11.8. The highest BCUT2D eigenvalue weighted by Gasteiger charge is 2.46. The molecule has 1 heterocycles. The van der Waals surface area contributed by atoms with Crippen LogP contribution in [0.15, 0.2) is 12.3 Å². The van der Waals surface area contributed by atoms with Crippen LogP contribution in [0.4, 0.5) is 0 Å². The smallest absolute Gasteiger partial charge is 0.202 e. The Balaban J connectivity index is 2.00. The third-order valence-electron chi connectivity index (χ3n) is 4.77. The van der Waals surface area contributed by atoms with Gasteiger partial charge in [0.05, 0.1) is 6.26 Å². The van der Waals surface area contributed by atoms with Crippen LogP contribution in [0.3, 0.4) is 0 Å². The van der Waals surface area contributed by atoms with Gasteiger partial charge in [-0.25, -0.2) is 0 Å². The second kappa shape index (κ2) is 3.90. The predicted molar refractivity (Wildman–Crippen MR) is 64.0 cm³/mol. The lowest BCUT2D eigenvalue weighted by atomic mass is 9.66. The Morgan fingerprint density at radius 1 is 1.44 bits per heavy atom. The van der Waals surface area contributed by atoms with Crippen LogP contribution >= 0.6 is 0 Å². The molecule has 1 aliphatic carbocycles. The lowest BCUT2D eigenvalue weighted by Gasteiger charge is -2.41. The van der Waals surface area contributed by atoms with Crippen molar-refractivity contribution in [2.45, 2.75) is 58.5 Å². The number of carbonyl (C=O) groups is 1. The summed E-state index contributed by atoms with van der Waals surface area (Å²) >= 11 is 0. The summed E-state index contributed by atoms with van der Waals surface area (Å²) in [7, 11) is 0. The zero-order valence-electron chi connectivity index (χ0n) is 10.6. The fourth-order valence-corrected chi connectivity index (χ4v) is 2.95. The molecule has 0 radical (unpaired) electrons. The summed E-state index contributed by atoms with van der Waals surface area (Å²) in [5, 5.41) is 0. The first-order chi connectivity index (χ1) is 7.50. The summed E-state index contributed by atoms with van der Waals surface area (Å²) in [4.78, 5) is 11.8. The Kier molecular flexibility index (Phi) is 2.85. The number of rotatable bonds is 2. The summed E-state index contributed by atoms with van der Waals surface area (Å²) in [6.45, 7) is 6.93. The number of ether oxygens (including phenoxy) is 1. The van der Waals surface area contributed by atoms with E-state index in [9.17, 15) is 4.79 Å². The molecule has 0 N–H and O–H groups in total. The van der Waals surface area contributed by atoms with E-state index in [1.807, 2.05) is 0 Å². The van der Waals surface area contributed by atoms with Gasteiger partial charge in [-0.05, 0) is 37.0 Å². The first-order valence-corrected chi connectivity index (χ1v) is 6.39. The van der Waals surface area contributed by atoms with Crippen molar-refractivity contribution in [2.75, 3.05) is 0 Å². The highest BCUT2D eigenvalue weighted by Crippen LogP contribution is 2.46. The summed E-state index contributed by atoms with van der Waals surface area (Å²) < 4.78 is 5.56. The molecule has 0 unspecified atom stereocenters. The molecule has 0 atom stereocenters. The van der Waals surface area contributed by atoms with E-state index < -0.39 is 5.60 Å². The molecule has 0 aromatic rings. The molecule has 2 aliphatic rings. The molecule has 1 aliphatic heterocycles. The molecule has 16 heavy (non-hydrogen) atoms. The van der Waals surface area contributed by atoms with Crippen molar-refractivity contribution in [3.05, 3.63) is 12.3 Å². The van der Waals surface area contributed by atoms with Crippen molar-refractivity contribution in [3.8, 4) is 0 Å². The van der Waals surface area contributed by atoms with Crippen LogP contribution in [0, 0.1) is 11.3 Å². The van der Waals surface area contributed by atoms with Gasteiger partial charge in [0.15, 0.2) is 5.60 Å².